The average molecular weight is 415 g/mol. The topological polar surface area (TPSA) is 103 Å². The number of nitrogens with zero attached hydrogens (tertiary/aromatic N) is 3. The highest BCUT2D eigenvalue weighted by Crippen LogP contribution is 2.15. The van der Waals surface area contributed by atoms with Crippen molar-refractivity contribution < 1.29 is 14.6 Å². The molecule has 1 heterocycles. The first-order valence-corrected chi connectivity index (χ1v) is 10.3. The molecule has 0 spiro atoms. The number of aromatic hydroxyl groups is 1. The van der Waals surface area contributed by atoms with E-state index < -0.39 is 17.1 Å². The number of aromatic nitrogens is 2. The maximum absolute atomic E-state index is 12.5. The highest BCUT2D eigenvalue weighted by Gasteiger charge is 2.15. The van der Waals surface area contributed by atoms with Crippen LogP contribution in [0.1, 0.15) is 62.4 Å². The number of unbranched alkanes of at least 4 members (excludes halogenated alkanes) is 3. The molecule has 8 nitrogen and oxygen atoms in total. The van der Waals surface area contributed by atoms with Crippen molar-refractivity contribution in [2.75, 3.05) is 6.61 Å². The van der Waals surface area contributed by atoms with E-state index in [1.165, 1.54) is 6.21 Å². The van der Waals surface area contributed by atoms with Crippen LogP contribution in [0.4, 0.5) is 5.69 Å². The van der Waals surface area contributed by atoms with E-state index in [1.54, 1.807) is 38.1 Å². The van der Waals surface area contributed by atoms with Crippen LogP contribution in [0.5, 0.6) is 5.88 Å². The number of esters is 1. The molecule has 1 N–H and O–H groups in total. The van der Waals surface area contributed by atoms with Gasteiger partial charge in [-0.25, -0.2) is 9.59 Å². The number of benzene rings is 1. The van der Waals surface area contributed by atoms with E-state index in [0.29, 0.717) is 17.9 Å². The fraction of sp³-hybridized carbons (Fsp3) is 0.455. The van der Waals surface area contributed by atoms with Crippen molar-refractivity contribution in [1.82, 2.24) is 9.13 Å². The van der Waals surface area contributed by atoms with Crippen LogP contribution in [-0.4, -0.2) is 33.0 Å². The predicted molar refractivity (Wildman–Crippen MR) is 116 cm³/mol. The van der Waals surface area contributed by atoms with Crippen LogP contribution in [0.25, 0.3) is 0 Å². The quantitative estimate of drug-likeness (QED) is 0.364. The van der Waals surface area contributed by atoms with Gasteiger partial charge in [-0.1, -0.05) is 26.2 Å². The molecule has 1 aromatic heterocycles. The molecule has 0 saturated heterocycles. The number of rotatable bonds is 10. The average Bonchev–Trinajstić information content (AvgIpc) is 2.74. The van der Waals surface area contributed by atoms with Gasteiger partial charge in [-0.15, -0.1) is 0 Å². The van der Waals surface area contributed by atoms with E-state index in [9.17, 15) is 19.5 Å². The lowest BCUT2D eigenvalue weighted by Gasteiger charge is -2.11. The molecule has 0 aliphatic carbocycles. The van der Waals surface area contributed by atoms with Gasteiger partial charge < -0.3 is 9.84 Å². The summed E-state index contributed by atoms with van der Waals surface area (Å²) >= 11 is 0. The Morgan fingerprint density at radius 3 is 2.30 bits per heavy atom. The summed E-state index contributed by atoms with van der Waals surface area (Å²) in [6, 6.07) is 6.43. The Bertz CT molecular complexity index is 1000. The van der Waals surface area contributed by atoms with Crippen molar-refractivity contribution in [3.8, 4) is 5.88 Å². The molecular weight excluding hydrogens is 386 g/mol. The number of hydrogen-bond donors (Lipinski definition) is 1. The van der Waals surface area contributed by atoms with E-state index in [1.807, 2.05) is 0 Å². The standard InChI is InChI=1S/C22H29N3O5/c1-4-7-8-9-14-30-21(28)16-10-12-17(13-11-16)23-15-18-19(26)24(5-2)22(29)25(6-3)20(18)27/h10-13,15,26H,4-9,14H2,1-3H3. The molecule has 0 unspecified atom stereocenters. The number of ether oxygens (including phenoxy) is 1. The molecule has 0 aliphatic heterocycles. The van der Waals surface area contributed by atoms with Gasteiger partial charge in [0.1, 0.15) is 5.56 Å². The van der Waals surface area contributed by atoms with Crippen LogP contribution in [0, 0.1) is 0 Å². The van der Waals surface area contributed by atoms with Crippen molar-refractivity contribution in [3.63, 3.8) is 0 Å². The SMILES string of the molecule is CCCCCCOC(=O)c1ccc(N=Cc2c(O)n(CC)c(=O)n(CC)c2=O)cc1. The fourth-order valence-corrected chi connectivity index (χ4v) is 2.99. The normalized spacial score (nSPS) is 11.2. The second kappa shape index (κ2) is 11.1. The smallest absolute Gasteiger partial charge is 0.338 e. The van der Waals surface area contributed by atoms with Gasteiger partial charge >= 0.3 is 11.7 Å². The lowest BCUT2D eigenvalue weighted by Crippen LogP contribution is -2.41. The number of carbonyl (C=O) groups is 1. The molecule has 2 rings (SSSR count). The molecule has 8 heteroatoms. The second-order valence-corrected chi connectivity index (χ2v) is 6.82. The Hall–Kier alpha value is -3.16. The van der Waals surface area contributed by atoms with E-state index in [2.05, 4.69) is 11.9 Å². The fourth-order valence-electron chi connectivity index (χ4n) is 2.99. The minimum Gasteiger partial charge on any atom is -0.494 e. The summed E-state index contributed by atoms with van der Waals surface area (Å²) in [5, 5.41) is 10.3. The third kappa shape index (κ3) is 5.46. The highest BCUT2D eigenvalue weighted by atomic mass is 16.5. The number of hydrogen-bond acceptors (Lipinski definition) is 6. The second-order valence-electron chi connectivity index (χ2n) is 6.82. The summed E-state index contributed by atoms with van der Waals surface area (Å²) in [5.41, 5.74) is -0.312. The van der Waals surface area contributed by atoms with Gasteiger partial charge in [0.2, 0.25) is 5.88 Å². The summed E-state index contributed by atoms with van der Waals surface area (Å²) < 4.78 is 7.41. The van der Waals surface area contributed by atoms with Crippen LogP contribution < -0.4 is 11.2 Å². The Kier molecular flexibility index (Phi) is 8.58. The zero-order valence-electron chi connectivity index (χ0n) is 17.8. The molecule has 0 aliphatic rings. The molecule has 162 valence electrons. The largest absolute Gasteiger partial charge is 0.494 e. The summed E-state index contributed by atoms with van der Waals surface area (Å²) in [5.74, 6) is -0.801. The summed E-state index contributed by atoms with van der Waals surface area (Å²) in [4.78, 5) is 41.0. The Balaban J connectivity index is 2.15. The summed E-state index contributed by atoms with van der Waals surface area (Å²) in [7, 11) is 0. The molecule has 0 saturated carbocycles. The van der Waals surface area contributed by atoms with Gasteiger partial charge in [-0.2, -0.15) is 0 Å². The van der Waals surface area contributed by atoms with Crippen molar-refractivity contribution >= 4 is 17.9 Å². The Morgan fingerprint density at radius 2 is 1.70 bits per heavy atom. The van der Waals surface area contributed by atoms with Gasteiger partial charge in [-0.05, 0) is 44.5 Å². The van der Waals surface area contributed by atoms with Crippen LogP contribution in [0.3, 0.4) is 0 Å². The Morgan fingerprint density at radius 1 is 1.03 bits per heavy atom. The third-order valence-electron chi connectivity index (χ3n) is 4.74. The molecule has 0 atom stereocenters. The van der Waals surface area contributed by atoms with Gasteiger partial charge in [0, 0.05) is 19.3 Å². The van der Waals surface area contributed by atoms with Crippen LogP contribution >= 0.6 is 0 Å². The first kappa shape index (κ1) is 23.1. The van der Waals surface area contributed by atoms with E-state index in [-0.39, 0.29) is 24.6 Å². The molecule has 1 aromatic carbocycles. The van der Waals surface area contributed by atoms with Crippen molar-refractivity contribution in [1.29, 1.82) is 0 Å². The maximum atomic E-state index is 12.5. The summed E-state index contributed by atoms with van der Waals surface area (Å²) in [6.07, 6.45) is 5.37. The highest BCUT2D eigenvalue weighted by molar-refractivity contribution is 5.90. The van der Waals surface area contributed by atoms with Crippen LogP contribution in [-0.2, 0) is 17.8 Å². The monoisotopic (exact) mass is 415 g/mol. The maximum Gasteiger partial charge on any atom is 0.338 e. The molecule has 0 amide bonds. The lowest BCUT2D eigenvalue weighted by molar-refractivity contribution is 0.0498. The predicted octanol–water partition coefficient (Wildman–Crippen LogP) is 3.24. The molecule has 0 radical (unpaired) electrons. The zero-order valence-corrected chi connectivity index (χ0v) is 17.8. The summed E-state index contributed by atoms with van der Waals surface area (Å²) in [6.45, 7) is 6.32. The molecule has 30 heavy (non-hydrogen) atoms. The zero-order chi connectivity index (χ0) is 22.1. The third-order valence-corrected chi connectivity index (χ3v) is 4.74. The molecule has 0 fully saturated rings. The lowest BCUT2D eigenvalue weighted by atomic mass is 10.2. The van der Waals surface area contributed by atoms with E-state index >= 15 is 0 Å². The molecule has 0 bridgehead atoms. The minimum atomic E-state index is -0.600. The number of aliphatic imine (C=N–C) groups is 1. The first-order valence-electron chi connectivity index (χ1n) is 10.3. The van der Waals surface area contributed by atoms with Crippen LogP contribution in [0.2, 0.25) is 0 Å². The van der Waals surface area contributed by atoms with Gasteiger partial charge in [0.25, 0.3) is 5.56 Å². The van der Waals surface area contributed by atoms with Crippen molar-refractivity contribution in [2.45, 2.75) is 59.5 Å². The van der Waals surface area contributed by atoms with E-state index in [0.717, 1.165) is 34.8 Å². The van der Waals surface area contributed by atoms with Crippen molar-refractivity contribution in [2.24, 2.45) is 4.99 Å². The molecular formula is C22H29N3O5. The van der Waals surface area contributed by atoms with Gasteiger partial charge in [-0.3, -0.25) is 18.9 Å². The van der Waals surface area contributed by atoms with E-state index in [4.69, 9.17) is 4.74 Å². The molecule has 2 aromatic rings. The van der Waals surface area contributed by atoms with Crippen LogP contribution in [0.15, 0.2) is 38.8 Å². The number of carbonyl (C=O) groups excluding carboxylic acids is 1. The van der Waals surface area contributed by atoms with Gasteiger partial charge in [0.05, 0.1) is 17.9 Å². The van der Waals surface area contributed by atoms with Crippen molar-refractivity contribution in [3.05, 3.63) is 56.2 Å². The van der Waals surface area contributed by atoms with Gasteiger partial charge in [0.15, 0.2) is 0 Å². The first-order chi connectivity index (χ1) is 14.4. The minimum absolute atomic E-state index is 0.0612. The Labute approximate surface area is 175 Å².